The van der Waals surface area contributed by atoms with Gasteiger partial charge in [-0.2, -0.15) is 0 Å². The lowest BCUT2D eigenvalue weighted by Gasteiger charge is -2.41. The van der Waals surface area contributed by atoms with E-state index >= 15 is 0 Å². The molecule has 146 valence electrons. The molecule has 7 nitrogen and oxygen atoms in total. The van der Waals surface area contributed by atoms with Crippen molar-refractivity contribution in [2.45, 2.75) is 38.8 Å². The monoisotopic (exact) mass is 372 g/mol. The van der Waals surface area contributed by atoms with Crippen LogP contribution >= 0.6 is 0 Å². The number of aromatic nitrogens is 1. The number of nitrogens with one attached hydrogen (secondary N) is 2. The third-order valence-electron chi connectivity index (χ3n) is 5.39. The molecule has 7 heteroatoms. The van der Waals surface area contributed by atoms with Gasteiger partial charge < -0.3 is 19.9 Å². The van der Waals surface area contributed by atoms with Gasteiger partial charge in [-0.25, -0.2) is 0 Å². The van der Waals surface area contributed by atoms with E-state index in [-0.39, 0.29) is 5.91 Å². The smallest absolute Gasteiger partial charge is 0.245 e. The first kappa shape index (κ1) is 19.2. The molecule has 27 heavy (non-hydrogen) atoms. The minimum absolute atomic E-state index is 0.0160. The van der Waals surface area contributed by atoms with Crippen molar-refractivity contribution >= 4 is 11.6 Å². The predicted octanol–water partition coefficient (Wildman–Crippen LogP) is 2.49. The number of benzene rings is 1. The summed E-state index contributed by atoms with van der Waals surface area (Å²) in [6, 6.07) is 7.69. The van der Waals surface area contributed by atoms with Gasteiger partial charge in [0.2, 0.25) is 5.91 Å². The van der Waals surface area contributed by atoms with Crippen LogP contribution in [0.2, 0.25) is 0 Å². The van der Waals surface area contributed by atoms with Gasteiger partial charge in [-0.1, -0.05) is 11.2 Å². The average Bonchev–Trinajstić information content (AvgIpc) is 3.01. The number of nitrogens with zero attached hydrogens (tertiary/aromatic N) is 2. The number of likely N-dealkylation sites (N-methyl/N-ethyl adjacent to an activating group) is 1. The van der Waals surface area contributed by atoms with Gasteiger partial charge in [-0.15, -0.1) is 0 Å². The molecule has 0 atom stereocenters. The molecule has 2 heterocycles. The van der Waals surface area contributed by atoms with E-state index < -0.39 is 5.54 Å². The Morgan fingerprint density at radius 1 is 1.33 bits per heavy atom. The summed E-state index contributed by atoms with van der Waals surface area (Å²) < 4.78 is 10.6. The van der Waals surface area contributed by atoms with Crippen LogP contribution in [0.3, 0.4) is 0 Å². The standard InChI is InChI=1S/C20H28N4O3/c1-14-18(15(2)27-23-14)13-24-10-8-20(9-11-24,19(25)21-3)22-16-6-5-7-17(12-16)26-4/h5-7,12,22H,8-11,13H2,1-4H3,(H,21,25). The Morgan fingerprint density at radius 3 is 2.67 bits per heavy atom. The summed E-state index contributed by atoms with van der Waals surface area (Å²) in [6.45, 7) is 6.33. The van der Waals surface area contributed by atoms with E-state index in [0.29, 0.717) is 12.8 Å². The number of ether oxygens (including phenoxy) is 1. The van der Waals surface area contributed by atoms with Crippen LogP contribution in [0.25, 0.3) is 0 Å². The normalized spacial score (nSPS) is 16.7. The van der Waals surface area contributed by atoms with Crippen molar-refractivity contribution in [3.8, 4) is 5.75 Å². The SMILES string of the molecule is CNC(=O)C1(Nc2cccc(OC)c2)CCN(Cc2c(C)noc2C)CC1. The van der Waals surface area contributed by atoms with Gasteiger partial charge in [0.15, 0.2) is 0 Å². The van der Waals surface area contributed by atoms with Crippen molar-refractivity contribution in [1.29, 1.82) is 0 Å². The Balaban J connectivity index is 1.72. The van der Waals surface area contributed by atoms with Crippen molar-refractivity contribution in [1.82, 2.24) is 15.4 Å². The van der Waals surface area contributed by atoms with Gasteiger partial charge in [0, 0.05) is 44.0 Å². The Labute approximate surface area is 160 Å². The van der Waals surface area contributed by atoms with Crippen molar-refractivity contribution in [3.05, 3.63) is 41.3 Å². The summed E-state index contributed by atoms with van der Waals surface area (Å²) in [6.07, 6.45) is 1.43. The number of hydrogen-bond donors (Lipinski definition) is 2. The number of aryl methyl sites for hydroxylation is 2. The minimum Gasteiger partial charge on any atom is -0.497 e. The zero-order valence-electron chi connectivity index (χ0n) is 16.5. The first-order valence-corrected chi connectivity index (χ1v) is 9.26. The van der Waals surface area contributed by atoms with E-state index in [1.807, 2.05) is 38.1 Å². The van der Waals surface area contributed by atoms with Crippen molar-refractivity contribution in [2.75, 3.05) is 32.6 Å². The molecule has 2 N–H and O–H groups in total. The van der Waals surface area contributed by atoms with Crippen LogP contribution in [0.4, 0.5) is 5.69 Å². The fraction of sp³-hybridized carbons (Fsp3) is 0.500. The van der Waals surface area contributed by atoms with Gasteiger partial charge in [0.25, 0.3) is 0 Å². The minimum atomic E-state index is -0.629. The maximum atomic E-state index is 12.7. The summed E-state index contributed by atoms with van der Waals surface area (Å²) in [5, 5.41) is 10.3. The Kier molecular flexibility index (Phi) is 5.70. The largest absolute Gasteiger partial charge is 0.497 e. The third kappa shape index (κ3) is 4.08. The lowest BCUT2D eigenvalue weighted by atomic mass is 9.85. The molecule has 0 unspecified atom stereocenters. The number of hydrogen-bond acceptors (Lipinski definition) is 6. The van der Waals surface area contributed by atoms with Crippen molar-refractivity contribution in [2.24, 2.45) is 0 Å². The summed E-state index contributed by atoms with van der Waals surface area (Å²) in [7, 11) is 3.33. The Hall–Kier alpha value is -2.54. The predicted molar refractivity (Wildman–Crippen MR) is 104 cm³/mol. The highest BCUT2D eigenvalue weighted by atomic mass is 16.5. The van der Waals surface area contributed by atoms with E-state index in [0.717, 1.165) is 48.1 Å². The van der Waals surface area contributed by atoms with Crippen LogP contribution in [0.5, 0.6) is 5.75 Å². The maximum Gasteiger partial charge on any atom is 0.245 e. The lowest BCUT2D eigenvalue weighted by molar-refractivity contribution is -0.126. The number of carbonyl (C=O) groups is 1. The van der Waals surface area contributed by atoms with Gasteiger partial charge >= 0.3 is 0 Å². The fourth-order valence-corrected chi connectivity index (χ4v) is 3.67. The molecule has 2 aromatic rings. The molecule has 1 amide bonds. The average molecular weight is 372 g/mol. The molecule has 0 radical (unpaired) electrons. The molecule has 1 fully saturated rings. The number of likely N-dealkylation sites (tertiary alicyclic amines) is 1. The van der Waals surface area contributed by atoms with Crippen LogP contribution in [-0.2, 0) is 11.3 Å². The van der Waals surface area contributed by atoms with Crippen LogP contribution in [0.15, 0.2) is 28.8 Å². The number of methoxy groups -OCH3 is 1. The molecule has 0 saturated carbocycles. The molecule has 0 spiro atoms. The molecule has 1 aromatic carbocycles. The van der Waals surface area contributed by atoms with Crippen LogP contribution in [0.1, 0.15) is 29.9 Å². The number of carbonyl (C=O) groups excluding carboxylic acids is 1. The molecule has 0 bridgehead atoms. The van der Waals surface area contributed by atoms with E-state index in [2.05, 4.69) is 20.7 Å². The third-order valence-corrected chi connectivity index (χ3v) is 5.39. The molecule has 1 aliphatic heterocycles. The van der Waals surface area contributed by atoms with Crippen molar-refractivity contribution < 1.29 is 14.1 Å². The van der Waals surface area contributed by atoms with E-state index in [4.69, 9.17) is 9.26 Å². The Morgan fingerprint density at radius 2 is 2.07 bits per heavy atom. The highest BCUT2D eigenvalue weighted by molar-refractivity contribution is 5.89. The summed E-state index contributed by atoms with van der Waals surface area (Å²) >= 11 is 0. The number of rotatable bonds is 6. The van der Waals surface area contributed by atoms with Crippen LogP contribution < -0.4 is 15.4 Å². The molecule has 1 aromatic heterocycles. The van der Waals surface area contributed by atoms with Crippen LogP contribution in [-0.4, -0.2) is 48.7 Å². The lowest BCUT2D eigenvalue weighted by Crippen LogP contribution is -2.57. The van der Waals surface area contributed by atoms with Crippen molar-refractivity contribution in [3.63, 3.8) is 0 Å². The molecule has 1 aliphatic rings. The number of anilines is 1. The first-order chi connectivity index (χ1) is 13.0. The second-order valence-electron chi connectivity index (χ2n) is 7.10. The Bertz CT molecular complexity index is 775. The molecule has 0 aliphatic carbocycles. The van der Waals surface area contributed by atoms with Gasteiger partial charge in [0.1, 0.15) is 17.0 Å². The topological polar surface area (TPSA) is 79.6 Å². The zero-order valence-corrected chi connectivity index (χ0v) is 16.5. The summed E-state index contributed by atoms with van der Waals surface area (Å²) in [5.41, 5.74) is 2.33. The van der Waals surface area contributed by atoms with E-state index in [1.165, 1.54) is 0 Å². The van der Waals surface area contributed by atoms with E-state index in [9.17, 15) is 4.79 Å². The van der Waals surface area contributed by atoms with Gasteiger partial charge in [0.05, 0.1) is 12.8 Å². The number of piperidine rings is 1. The molecule has 3 rings (SSSR count). The van der Waals surface area contributed by atoms with Gasteiger partial charge in [-0.05, 0) is 38.8 Å². The van der Waals surface area contributed by atoms with E-state index in [1.54, 1.807) is 14.2 Å². The second kappa shape index (κ2) is 8.00. The second-order valence-corrected chi connectivity index (χ2v) is 7.10. The number of amides is 1. The highest BCUT2D eigenvalue weighted by Crippen LogP contribution is 2.30. The quantitative estimate of drug-likeness (QED) is 0.811. The molecule has 1 saturated heterocycles. The zero-order chi connectivity index (χ0) is 19.4. The summed E-state index contributed by atoms with van der Waals surface area (Å²) in [5.74, 6) is 1.65. The van der Waals surface area contributed by atoms with Gasteiger partial charge in [-0.3, -0.25) is 9.69 Å². The first-order valence-electron chi connectivity index (χ1n) is 9.26. The highest BCUT2D eigenvalue weighted by Gasteiger charge is 2.41. The molecular weight excluding hydrogens is 344 g/mol. The maximum absolute atomic E-state index is 12.7. The van der Waals surface area contributed by atoms with Crippen LogP contribution in [0, 0.1) is 13.8 Å². The molecular formula is C20H28N4O3. The fourth-order valence-electron chi connectivity index (χ4n) is 3.67. The summed E-state index contributed by atoms with van der Waals surface area (Å²) in [4.78, 5) is 15.1.